The lowest BCUT2D eigenvalue weighted by Gasteiger charge is -2.10. The molecule has 0 fully saturated rings. The first-order valence-electron chi connectivity index (χ1n) is 3.81. The molecule has 0 aliphatic heterocycles. The van der Waals surface area contributed by atoms with Gasteiger partial charge >= 0.3 is 0 Å². The molecule has 0 aromatic carbocycles. The van der Waals surface area contributed by atoms with Crippen molar-refractivity contribution in [3.8, 4) is 0 Å². The Labute approximate surface area is 77.0 Å². The molecule has 2 N–H and O–H groups in total. The lowest BCUT2D eigenvalue weighted by molar-refractivity contribution is 0.806. The Morgan fingerprint density at radius 1 is 1.67 bits per heavy atom. The topological polar surface area (TPSA) is 51.8 Å². The summed E-state index contributed by atoms with van der Waals surface area (Å²) in [7, 11) is 0. The highest BCUT2D eigenvalue weighted by atomic mass is 32.1. The van der Waals surface area contributed by atoms with Crippen molar-refractivity contribution in [3.63, 3.8) is 0 Å². The van der Waals surface area contributed by atoms with Crippen molar-refractivity contribution in [2.24, 2.45) is 5.73 Å². The maximum atomic E-state index is 5.54. The number of thiocarbonyl (C=S) groups is 1. The van der Waals surface area contributed by atoms with Crippen molar-refractivity contribution in [3.05, 3.63) is 24.3 Å². The van der Waals surface area contributed by atoms with Crippen LogP contribution in [0.4, 0.5) is 0 Å². The molecule has 0 saturated carbocycles. The summed E-state index contributed by atoms with van der Waals surface area (Å²) in [6.07, 6.45) is 5.85. The third-order valence-electron chi connectivity index (χ3n) is 1.69. The predicted molar refractivity (Wildman–Crippen MR) is 51.8 cm³/mol. The minimum Gasteiger partial charge on any atom is -0.393 e. The van der Waals surface area contributed by atoms with E-state index in [9.17, 15) is 0 Å². The Kier molecular flexibility index (Phi) is 3.10. The van der Waals surface area contributed by atoms with E-state index < -0.39 is 0 Å². The zero-order chi connectivity index (χ0) is 8.97. The molecule has 1 aromatic rings. The Hall–Kier alpha value is -1.03. The number of rotatable bonds is 3. The van der Waals surface area contributed by atoms with Gasteiger partial charge < -0.3 is 5.73 Å². The van der Waals surface area contributed by atoms with E-state index in [1.54, 1.807) is 18.6 Å². The molecule has 1 atom stereocenters. The third kappa shape index (κ3) is 1.98. The number of nitrogens with zero attached hydrogens (tertiary/aromatic N) is 2. The van der Waals surface area contributed by atoms with Gasteiger partial charge in [-0.15, -0.1) is 0 Å². The van der Waals surface area contributed by atoms with Crippen LogP contribution in [-0.4, -0.2) is 15.0 Å². The maximum Gasteiger partial charge on any atom is 0.0819 e. The fourth-order valence-corrected chi connectivity index (χ4v) is 1.33. The van der Waals surface area contributed by atoms with E-state index in [1.807, 2.05) is 6.92 Å². The van der Waals surface area contributed by atoms with Crippen molar-refractivity contribution >= 4 is 17.2 Å². The molecule has 64 valence electrons. The normalized spacial score (nSPS) is 12.4. The molecule has 0 radical (unpaired) electrons. The van der Waals surface area contributed by atoms with Crippen LogP contribution in [0.1, 0.15) is 25.0 Å². The van der Waals surface area contributed by atoms with Gasteiger partial charge in [-0.25, -0.2) is 0 Å². The summed E-state index contributed by atoms with van der Waals surface area (Å²) in [5, 5.41) is 0. The van der Waals surface area contributed by atoms with Gasteiger partial charge in [-0.3, -0.25) is 9.97 Å². The Morgan fingerprint density at radius 3 is 2.83 bits per heavy atom. The molecule has 0 amide bonds. The van der Waals surface area contributed by atoms with E-state index >= 15 is 0 Å². The molecule has 1 rings (SSSR count). The van der Waals surface area contributed by atoms with Crippen molar-refractivity contribution in [1.82, 2.24) is 9.97 Å². The lowest BCUT2D eigenvalue weighted by atomic mass is 10.0. The van der Waals surface area contributed by atoms with Crippen LogP contribution >= 0.6 is 12.2 Å². The zero-order valence-electron chi connectivity index (χ0n) is 6.90. The highest BCUT2D eigenvalue weighted by Gasteiger charge is 2.12. The summed E-state index contributed by atoms with van der Waals surface area (Å²) in [4.78, 5) is 8.58. The fourth-order valence-electron chi connectivity index (χ4n) is 1.05. The number of nitrogens with two attached hydrogens (primary N) is 1. The maximum absolute atomic E-state index is 5.54. The van der Waals surface area contributed by atoms with E-state index in [-0.39, 0.29) is 5.92 Å². The smallest absolute Gasteiger partial charge is 0.0819 e. The summed E-state index contributed by atoms with van der Waals surface area (Å²) in [6, 6.07) is 0. The van der Waals surface area contributed by atoms with E-state index in [1.165, 1.54) is 0 Å². The van der Waals surface area contributed by atoms with E-state index in [0.29, 0.717) is 4.99 Å². The van der Waals surface area contributed by atoms with Crippen LogP contribution in [-0.2, 0) is 0 Å². The molecule has 12 heavy (non-hydrogen) atoms. The van der Waals surface area contributed by atoms with Crippen molar-refractivity contribution in [2.45, 2.75) is 19.3 Å². The summed E-state index contributed by atoms with van der Waals surface area (Å²) >= 11 is 4.91. The van der Waals surface area contributed by atoms with Gasteiger partial charge in [-0.05, 0) is 6.42 Å². The monoisotopic (exact) mass is 181 g/mol. The predicted octanol–water partition coefficient (Wildman–Crippen LogP) is 1.26. The average molecular weight is 181 g/mol. The van der Waals surface area contributed by atoms with Gasteiger partial charge in [0, 0.05) is 18.6 Å². The van der Waals surface area contributed by atoms with Crippen LogP contribution in [0.25, 0.3) is 0 Å². The van der Waals surface area contributed by atoms with Gasteiger partial charge in [0.25, 0.3) is 0 Å². The molecule has 0 aliphatic rings. The quantitative estimate of drug-likeness (QED) is 0.713. The van der Waals surface area contributed by atoms with Crippen molar-refractivity contribution in [2.75, 3.05) is 0 Å². The Balaban J connectivity index is 2.88. The number of hydrogen-bond acceptors (Lipinski definition) is 3. The van der Waals surface area contributed by atoms with Crippen LogP contribution < -0.4 is 5.73 Å². The summed E-state index contributed by atoms with van der Waals surface area (Å²) < 4.78 is 0. The van der Waals surface area contributed by atoms with Crippen molar-refractivity contribution in [1.29, 1.82) is 0 Å². The molecule has 4 heteroatoms. The summed E-state index contributed by atoms with van der Waals surface area (Å²) in [5.41, 5.74) is 6.40. The van der Waals surface area contributed by atoms with Gasteiger partial charge in [0.15, 0.2) is 0 Å². The minimum absolute atomic E-state index is 0.0636. The molecule has 0 spiro atoms. The Bertz CT molecular complexity index is 260. The number of hydrogen-bond donors (Lipinski definition) is 1. The molecule has 0 bridgehead atoms. The highest BCUT2D eigenvalue weighted by Crippen LogP contribution is 2.15. The van der Waals surface area contributed by atoms with E-state index in [0.717, 1.165) is 12.1 Å². The van der Waals surface area contributed by atoms with Crippen LogP contribution in [0.2, 0.25) is 0 Å². The zero-order valence-corrected chi connectivity index (χ0v) is 7.71. The largest absolute Gasteiger partial charge is 0.393 e. The Morgan fingerprint density at radius 2 is 2.42 bits per heavy atom. The van der Waals surface area contributed by atoms with Gasteiger partial charge in [0.05, 0.1) is 16.6 Å². The molecular formula is C8H11N3S. The summed E-state index contributed by atoms with van der Waals surface area (Å²) in [6.45, 7) is 2.03. The van der Waals surface area contributed by atoms with E-state index in [4.69, 9.17) is 18.0 Å². The molecule has 1 aromatic heterocycles. The first-order chi connectivity index (χ1) is 5.75. The van der Waals surface area contributed by atoms with Crippen LogP contribution in [0.3, 0.4) is 0 Å². The third-order valence-corrected chi connectivity index (χ3v) is 1.98. The van der Waals surface area contributed by atoms with Gasteiger partial charge in [-0.1, -0.05) is 19.1 Å². The first kappa shape index (κ1) is 9.06. The SMILES string of the molecule is CCC(C(N)=S)c1cnccn1. The fraction of sp³-hybridized carbons (Fsp3) is 0.375. The lowest BCUT2D eigenvalue weighted by Crippen LogP contribution is -2.19. The second kappa shape index (κ2) is 4.11. The van der Waals surface area contributed by atoms with Crippen LogP contribution in [0.15, 0.2) is 18.6 Å². The molecular weight excluding hydrogens is 170 g/mol. The highest BCUT2D eigenvalue weighted by molar-refractivity contribution is 7.80. The van der Waals surface area contributed by atoms with Crippen molar-refractivity contribution < 1.29 is 0 Å². The molecule has 1 unspecified atom stereocenters. The average Bonchev–Trinajstić information content (AvgIpc) is 2.07. The second-order valence-electron chi connectivity index (χ2n) is 2.49. The van der Waals surface area contributed by atoms with Gasteiger partial charge in [0.2, 0.25) is 0 Å². The minimum atomic E-state index is 0.0636. The molecule has 1 heterocycles. The van der Waals surface area contributed by atoms with Gasteiger partial charge in [0.1, 0.15) is 0 Å². The van der Waals surface area contributed by atoms with E-state index in [2.05, 4.69) is 9.97 Å². The number of aromatic nitrogens is 2. The first-order valence-corrected chi connectivity index (χ1v) is 4.21. The molecule has 0 aliphatic carbocycles. The van der Waals surface area contributed by atoms with Crippen LogP contribution in [0.5, 0.6) is 0 Å². The van der Waals surface area contributed by atoms with Crippen LogP contribution in [0, 0.1) is 0 Å². The standard InChI is InChI=1S/C8H11N3S/c1-2-6(8(9)12)7-5-10-3-4-11-7/h3-6H,2H2,1H3,(H2,9,12). The second-order valence-corrected chi connectivity index (χ2v) is 2.96. The molecule has 0 saturated heterocycles. The molecule has 3 nitrogen and oxygen atoms in total. The van der Waals surface area contributed by atoms with Gasteiger partial charge in [-0.2, -0.15) is 0 Å². The summed E-state index contributed by atoms with van der Waals surface area (Å²) in [5.74, 6) is 0.0636.